The predicted octanol–water partition coefficient (Wildman–Crippen LogP) is 3.81. The number of carbonyl (C=O) groups excluding carboxylic acids is 1. The van der Waals surface area contributed by atoms with Gasteiger partial charge >= 0.3 is 0 Å². The summed E-state index contributed by atoms with van der Waals surface area (Å²) in [6.45, 7) is 3.00. The molecular weight excluding hydrogens is 384 g/mol. The summed E-state index contributed by atoms with van der Waals surface area (Å²) in [5.74, 6) is 0.440. The first kappa shape index (κ1) is 18.5. The molecule has 0 unspecified atom stereocenters. The molecule has 3 aromatic rings. The number of thiazole rings is 1. The summed E-state index contributed by atoms with van der Waals surface area (Å²) >= 11 is 1.61. The minimum atomic E-state index is -0.222. The summed E-state index contributed by atoms with van der Waals surface area (Å²) in [6, 6.07) is 11.7. The van der Waals surface area contributed by atoms with Crippen molar-refractivity contribution in [3.63, 3.8) is 0 Å². The monoisotopic (exact) mass is 408 g/mol. The zero-order valence-electron chi connectivity index (χ0n) is 16.2. The van der Waals surface area contributed by atoms with Crippen molar-refractivity contribution < 1.29 is 9.53 Å². The van der Waals surface area contributed by atoms with Gasteiger partial charge in [0.1, 0.15) is 5.69 Å². The lowest BCUT2D eigenvalue weighted by Gasteiger charge is -2.39. The van der Waals surface area contributed by atoms with E-state index in [1.807, 2.05) is 52.9 Å². The molecule has 2 atom stereocenters. The number of nitrogens with one attached hydrogen (secondary N) is 1. The summed E-state index contributed by atoms with van der Waals surface area (Å²) in [5, 5.41) is 7.38. The lowest BCUT2D eigenvalue weighted by molar-refractivity contribution is -0.0450. The van der Waals surface area contributed by atoms with Crippen LogP contribution in [0.4, 0.5) is 5.13 Å². The average Bonchev–Trinajstić information content (AvgIpc) is 3.42. The molecule has 2 aromatic heterocycles. The van der Waals surface area contributed by atoms with E-state index in [1.165, 1.54) is 0 Å². The van der Waals surface area contributed by atoms with E-state index in [0.717, 1.165) is 55.0 Å². The molecule has 2 saturated heterocycles. The third-order valence-electron chi connectivity index (χ3n) is 5.90. The Morgan fingerprint density at radius 3 is 3.14 bits per heavy atom. The maximum Gasteiger partial charge on any atom is 0.272 e. The van der Waals surface area contributed by atoms with Gasteiger partial charge in [0.15, 0.2) is 5.13 Å². The van der Waals surface area contributed by atoms with E-state index >= 15 is 0 Å². The Morgan fingerprint density at radius 2 is 2.24 bits per heavy atom. The Labute approximate surface area is 173 Å². The molecule has 1 aromatic carbocycles. The molecule has 0 radical (unpaired) electrons. The lowest BCUT2D eigenvalue weighted by atomic mass is 9.86. The number of benzene rings is 1. The number of hydrogen-bond donors (Lipinski definition) is 1. The fourth-order valence-electron chi connectivity index (χ4n) is 4.52. The molecule has 2 fully saturated rings. The van der Waals surface area contributed by atoms with E-state index in [-0.39, 0.29) is 11.5 Å². The van der Waals surface area contributed by atoms with E-state index < -0.39 is 0 Å². The maximum absolute atomic E-state index is 13.1. The number of hydrogen-bond acceptors (Lipinski definition) is 6. The molecule has 4 heterocycles. The van der Waals surface area contributed by atoms with Crippen LogP contribution >= 0.6 is 11.3 Å². The number of rotatable bonds is 4. The summed E-state index contributed by atoms with van der Waals surface area (Å²) < 4.78 is 6.28. The van der Waals surface area contributed by atoms with Crippen LogP contribution in [0.15, 0.2) is 48.0 Å². The first-order valence-electron chi connectivity index (χ1n) is 10.1. The number of ether oxygens (including phenoxy) is 1. The van der Waals surface area contributed by atoms with Crippen LogP contribution in [0, 0.1) is 5.92 Å². The van der Waals surface area contributed by atoms with Crippen molar-refractivity contribution in [1.29, 1.82) is 0 Å². The number of pyridine rings is 1. The van der Waals surface area contributed by atoms with Gasteiger partial charge in [0.25, 0.3) is 5.91 Å². The second-order valence-corrected chi connectivity index (χ2v) is 8.90. The van der Waals surface area contributed by atoms with Gasteiger partial charge in [0, 0.05) is 36.0 Å². The van der Waals surface area contributed by atoms with Crippen molar-refractivity contribution in [3.8, 4) is 0 Å². The zero-order chi connectivity index (χ0) is 19.7. The minimum Gasteiger partial charge on any atom is -0.373 e. The molecule has 1 N–H and O–H groups in total. The number of nitrogens with zero attached hydrogens (tertiary/aromatic N) is 3. The molecule has 0 bridgehead atoms. The molecule has 1 spiro atoms. The Balaban J connectivity index is 1.25. The van der Waals surface area contributed by atoms with Gasteiger partial charge in [-0.05, 0) is 31.4 Å². The summed E-state index contributed by atoms with van der Waals surface area (Å²) in [4.78, 5) is 23.9. The molecule has 150 valence electrons. The number of fused-ring (bicyclic) bond motifs is 1. The van der Waals surface area contributed by atoms with Crippen LogP contribution < -0.4 is 5.32 Å². The van der Waals surface area contributed by atoms with Gasteiger partial charge in [-0.15, -0.1) is 11.3 Å². The molecule has 2 aliphatic rings. The Bertz CT molecular complexity index is 1010. The number of carbonyl (C=O) groups is 1. The van der Waals surface area contributed by atoms with Crippen molar-refractivity contribution in [3.05, 3.63) is 53.7 Å². The van der Waals surface area contributed by atoms with Crippen molar-refractivity contribution >= 4 is 33.3 Å². The highest BCUT2D eigenvalue weighted by Crippen LogP contribution is 2.38. The van der Waals surface area contributed by atoms with Crippen LogP contribution in [-0.2, 0) is 4.74 Å². The number of amides is 1. The lowest BCUT2D eigenvalue weighted by Crippen LogP contribution is -2.50. The van der Waals surface area contributed by atoms with Crippen molar-refractivity contribution in [2.45, 2.75) is 24.9 Å². The van der Waals surface area contributed by atoms with E-state index in [2.05, 4.69) is 15.3 Å². The van der Waals surface area contributed by atoms with Gasteiger partial charge in [-0.1, -0.05) is 24.3 Å². The number of likely N-dealkylation sites (tertiary alicyclic amines) is 1. The molecule has 0 saturated carbocycles. The first-order valence-corrected chi connectivity index (χ1v) is 11.0. The normalized spacial score (nSPS) is 24.3. The number of anilines is 1. The molecule has 29 heavy (non-hydrogen) atoms. The van der Waals surface area contributed by atoms with Crippen molar-refractivity contribution in [2.75, 3.05) is 31.6 Å². The standard InChI is InChI=1S/C22H24N4O2S/c27-20(19-7-6-17-4-1-2-5-18(17)25-19)26-10-3-8-22(15-26)12-16(14-28-22)13-24-21-23-9-11-29-21/h1-2,4-7,9,11,16H,3,8,10,12-15H2,(H,23,24)/t16-,22+/m1/s1. The smallest absolute Gasteiger partial charge is 0.272 e. The van der Waals surface area contributed by atoms with Crippen LogP contribution in [0.5, 0.6) is 0 Å². The predicted molar refractivity (Wildman–Crippen MR) is 114 cm³/mol. The van der Waals surface area contributed by atoms with Crippen molar-refractivity contribution in [2.24, 2.45) is 5.92 Å². The second kappa shape index (κ2) is 7.72. The zero-order valence-corrected chi connectivity index (χ0v) is 17.0. The van der Waals surface area contributed by atoms with Crippen LogP contribution in [0.3, 0.4) is 0 Å². The SMILES string of the molecule is O=C(c1ccc2ccccc2n1)N1CCC[C@]2(C[C@H](CNc3nccs3)CO2)C1. The molecule has 2 aliphatic heterocycles. The maximum atomic E-state index is 13.1. The molecule has 7 heteroatoms. The third-order valence-corrected chi connectivity index (χ3v) is 6.64. The van der Waals surface area contributed by atoms with Crippen LogP contribution in [0.1, 0.15) is 29.8 Å². The Kier molecular flexibility index (Phi) is 4.93. The van der Waals surface area contributed by atoms with E-state index in [1.54, 1.807) is 11.3 Å². The van der Waals surface area contributed by atoms with Gasteiger partial charge in [0.2, 0.25) is 0 Å². The third kappa shape index (κ3) is 3.84. The largest absolute Gasteiger partial charge is 0.373 e. The fourth-order valence-corrected chi connectivity index (χ4v) is 5.05. The highest BCUT2D eigenvalue weighted by atomic mass is 32.1. The molecule has 1 amide bonds. The summed E-state index contributed by atoms with van der Waals surface area (Å²) in [7, 11) is 0. The number of piperidine rings is 1. The summed E-state index contributed by atoms with van der Waals surface area (Å²) in [6.07, 6.45) is 4.76. The highest BCUT2D eigenvalue weighted by Gasteiger charge is 2.44. The van der Waals surface area contributed by atoms with E-state index in [0.29, 0.717) is 18.2 Å². The first-order chi connectivity index (χ1) is 14.2. The van der Waals surface area contributed by atoms with Gasteiger partial charge in [-0.2, -0.15) is 0 Å². The molecule has 0 aliphatic carbocycles. The van der Waals surface area contributed by atoms with Crippen molar-refractivity contribution in [1.82, 2.24) is 14.9 Å². The second-order valence-electron chi connectivity index (χ2n) is 8.00. The minimum absolute atomic E-state index is 0.00258. The van der Waals surface area contributed by atoms with Gasteiger partial charge < -0.3 is 15.0 Å². The Morgan fingerprint density at radius 1 is 1.31 bits per heavy atom. The van der Waals surface area contributed by atoms with Gasteiger partial charge in [-0.25, -0.2) is 9.97 Å². The molecule has 5 rings (SSSR count). The molecule has 6 nitrogen and oxygen atoms in total. The Hall–Kier alpha value is -2.51. The van der Waals surface area contributed by atoms with Gasteiger partial charge in [-0.3, -0.25) is 4.79 Å². The van der Waals surface area contributed by atoms with Crippen LogP contribution in [0.25, 0.3) is 10.9 Å². The topological polar surface area (TPSA) is 67.4 Å². The van der Waals surface area contributed by atoms with Crippen LogP contribution in [0.2, 0.25) is 0 Å². The quantitative estimate of drug-likeness (QED) is 0.711. The van der Waals surface area contributed by atoms with E-state index in [4.69, 9.17) is 4.74 Å². The van der Waals surface area contributed by atoms with Gasteiger partial charge in [0.05, 0.1) is 24.3 Å². The number of aromatic nitrogens is 2. The van der Waals surface area contributed by atoms with Crippen LogP contribution in [-0.4, -0.2) is 52.6 Å². The fraction of sp³-hybridized carbons (Fsp3) is 0.409. The highest BCUT2D eigenvalue weighted by molar-refractivity contribution is 7.13. The summed E-state index contributed by atoms with van der Waals surface area (Å²) in [5.41, 5.74) is 1.15. The molecular formula is C22H24N4O2S. The van der Waals surface area contributed by atoms with E-state index in [9.17, 15) is 4.79 Å². The average molecular weight is 409 g/mol. The number of para-hydroxylation sites is 1.